The Hall–Kier alpha value is -0.850. The van der Waals surface area contributed by atoms with E-state index in [0.717, 1.165) is 30.4 Å². The molecule has 0 unspecified atom stereocenters. The summed E-state index contributed by atoms with van der Waals surface area (Å²) in [5.74, 6) is 6.74. The zero-order valence-corrected chi connectivity index (χ0v) is 10.6. The van der Waals surface area contributed by atoms with E-state index in [-0.39, 0.29) is 0 Å². The van der Waals surface area contributed by atoms with Crippen molar-refractivity contribution in [1.82, 2.24) is 14.9 Å². The first-order valence-electron chi connectivity index (χ1n) is 5.45. The van der Waals surface area contributed by atoms with Crippen molar-refractivity contribution < 1.29 is 0 Å². The van der Waals surface area contributed by atoms with Gasteiger partial charge in [0.2, 0.25) is 5.95 Å². The predicted molar refractivity (Wildman–Crippen MR) is 68.4 cm³/mol. The molecule has 0 saturated heterocycles. The highest BCUT2D eigenvalue weighted by Crippen LogP contribution is 2.15. The minimum absolute atomic E-state index is 0.466. The van der Waals surface area contributed by atoms with Gasteiger partial charge < -0.3 is 4.90 Å². The number of nitrogen functional groups attached to an aromatic ring is 1. The number of nitrogens with two attached hydrogens (primary N) is 1. The minimum atomic E-state index is 0.466. The fourth-order valence-corrected chi connectivity index (χ4v) is 2.18. The summed E-state index contributed by atoms with van der Waals surface area (Å²) in [6.45, 7) is 7.62. The van der Waals surface area contributed by atoms with Gasteiger partial charge in [0.05, 0.1) is 0 Å². The van der Waals surface area contributed by atoms with Crippen LogP contribution >= 0.6 is 11.8 Å². The molecule has 0 bridgehead atoms. The Morgan fingerprint density at radius 1 is 1.44 bits per heavy atom. The van der Waals surface area contributed by atoms with Crippen molar-refractivity contribution in [1.29, 1.82) is 0 Å². The van der Waals surface area contributed by atoms with Crippen molar-refractivity contribution in [2.45, 2.75) is 18.9 Å². The summed E-state index contributed by atoms with van der Waals surface area (Å²) < 4.78 is 0. The topological polar surface area (TPSA) is 67.1 Å². The molecule has 1 rings (SSSR count). The lowest BCUT2D eigenvalue weighted by Crippen LogP contribution is -2.25. The van der Waals surface area contributed by atoms with Gasteiger partial charge in [-0.2, -0.15) is 0 Å². The Kier molecular flexibility index (Phi) is 6.14. The van der Waals surface area contributed by atoms with Crippen LogP contribution in [0.25, 0.3) is 0 Å². The zero-order chi connectivity index (χ0) is 11.8. The summed E-state index contributed by atoms with van der Waals surface area (Å²) in [7, 11) is 0. The van der Waals surface area contributed by atoms with Crippen molar-refractivity contribution in [2.24, 2.45) is 5.84 Å². The molecule has 5 nitrogen and oxygen atoms in total. The van der Waals surface area contributed by atoms with Gasteiger partial charge in [-0.15, -0.1) is 11.8 Å². The molecular formula is C10H19N5S. The number of hydrogen-bond donors (Lipinski definition) is 2. The first-order valence-corrected chi connectivity index (χ1v) is 6.43. The second-order valence-electron chi connectivity index (χ2n) is 3.24. The van der Waals surface area contributed by atoms with E-state index in [4.69, 9.17) is 5.84 Å². The molecular weight excluding hydrogens is 222 g/mol. The lowest BCUT2D eigenvalue weighted by molar-refractivity contribution is 0.324. The molecule has 0 aromatic carbocycles. The third-order valence-electron chi connectivity index (χ3n) is 2.31. The molecule has 0 amide bonds. The Balaban J connectivity index is 2.36. The number of hydrazine groups is 1. The van der Waals surface area contributed by atoms with Crippen molar-refractivity contribution >= 4 is 17.7 Å². The molecule has 0 radical (unpaired) electrons. The van der Waals surface area contributed by atoms with E-state index in [1.165, 1.54) is 0 Å². The molecule has 6 heteroatoms. The molecule has 0 fully saturated rings. The van der Waals surface area contributed by atoms with Gasteiger partial charge in [0.15, 0.2) is 0 Å². The maximum atomic E-state index is 5.25. The van der Waals surface area contributed by atoms with Gasteiger partial charge >= 0.3 is 0 Å². The van der Waals surface area contributed by atoms with Gasteiger partial charge in [0, 0.05) is 18.5 Å². The molecule has 0 aliphatic rings. The predicted octanol–water partition coefficient (Wildman–Crippen LogP) is 1.20. The third-order valence-corrected chi connectivity index (χ3v) is 3.22. The van der Waals surface area contributed by atoms with Crippen molar-refractivity contribution in [3.8, 4) is 0 Å². The average Bonchev–Trinajstić information content (AvgIpc) is 2.35. The first-order chi connectivity index (χ1) is 7.80. The fourth-order valence-electron chi connectivity index (χ4n) is 1.31. The highest BCUT2D eigenvalue weighted by Gasteiger charge is 2.01. The highest BCUT2D eigenvalue weighted by molar-refractivity contribution is 7.99. The van der Waals surface area contributed by atoms with Crippen LogP contribution in [0.1, 0.15) is 13.8 Å². The summed E-state index contributed by atoms with van der Waals surface area (Å²) in [4.78, 5) is 10.6. The van der Waals surface area contributed by atoms with Crippen LogP contribution in [-0.4, -0.2) is 40.3 Å². The number of nitrogens with zero attached hydrogens (tertiary/aromatic N) is 3. The molecule has 1 aromatic heterocycles. The van der Waals surface area contributed by atoms with E-state index in [2.05, 4.69) is 34.1 Å². The number of rotatable bonds is 7. The fraction of sp³-hybridized carbons (Fsp3) is 0.600. The SMILES string of the molecule is CCN(CC)CCSc1ccnc(NN)n1. The van der Waals surface area contributed by atoms with Crippen LogP contribution in [-0.2, 0) is 0 Å². The van der Waals surface area contributed by atoms with E-state index in [1.807, 2.05) is 6.07 Å². The van der Waals surface area contributed by atoms with E-state index in [1.54, 1.807) is 18.0 Å². The number of thioether (sulfide) groups is 1. The van der Waals surface area contributed by atoms with Crippen LogP contribution in [0.4, 0.5) is 5.95 Å². The van der Waals surface area contributed by atoms with Gasteiger partial charge in [0.1, 0.15) is 5.03 Å². The van der Waals surface area contributed by atoms with Crippen LogP contribution in [0, 0.1) is 0 Å². The highest BCUT2D eigenvalue weighted by atomic mass is 32.2. The van der Waals surface area contributed by atoms with Gasteiger partial charge in [0.25, 0.3) is 0 Å². The number of anilines is 1. The quantitative estimate of drug-likeness (QED) is 0.323. The summed E-state index contributed by atoms with van der Waals surface area (Å²) in [6.07, 6.45) is 1.71. The normalized spacial score (nSPS) is 10.8. The zero-order valence-electron chi connectivity index (χ0n) is 9.81. The summed E-state index contributed by atoms with van der Waals surface area (Å²) in [6, 6.07) is 1.90. The van der Waals surface area contributed by atoms with E-state index in [9.17, 15) is 0 Å². The third kappa shape index (κ3) is 4.34. The maximum Gasteiger partial charge on any atom is 0.238 e. The Morgan fingerprint density at radius 2 is 2.19 bits per heavy atom. The van der Waals surface area contributed by atoms with E-state index in [0.29, 0.717) is 5.95 Å². The summed E-state index contributed by atoms with van der Waals surface area (Å²) >= 11 is 1.72. The summed E-state index contributed by atoms with van der Waals surface area (Å²) in [5, 5.41) is 0.954. The molecule has 0 aliphatic carbocycles. The number of aromatic nitrogens is 2. The molecule has 16 heavy (non-hydrogen) atoms. The molecule has 0 saturated carbocycles. The molecule has 0 spiro atoms. The van der Waals surface area contributed by atoms with E-state index >= 15 is 0 Å². The number of nitrogens with one attached hydrogen (secondary N) is 1. The standard InChI is InChI=1S/C10H19N5S/c1-3-15(4-2)7-8-16-9-5-6-12-10(13-9)14-11/h5-6H,3-4,7-8,11H2,1-2H3,(H,12,13,14). The van der Waals surface area contributed by atoms with Gasteiger partial charge in [-0.25, -0.2) is 15.8 Å². The van der Waals surface area contributed by atoms with Crippen LogP contribution in [0.15, 0.2) is 17.3 Å². The van der Waals surface area contributed by atoms with Crippen LogP contribution in [0.5, 0.6) is 0 Å². The first kappa shape index (κ1) is 13.2. The van der Waals surface area contributed by atoms with Crippen LogP contribution < -0.4 is 11.3 Å². The van der Waals surface area contributed by atoms with Crippen LogP contribution in [0.3, 0.4) is 0 Å². The molecule has 90 valence electrons. The van der Waals surface area contributed by atoms with Gasteiger partial charge in [-0.1, -0.05) is 13.8 Å². The summed E-state index contributed by atoms with van der Waals surface area (Å²) in [5.41, 5.74) is 2.44. The largest absolute Gasteiger partial charge is 0.303 e. The lowest BCUT2D eigenvalue weighted by Gasteiger charge is -2.17. The molecule has 3 N–H and O–H groups in total. The molecule has 1 heterocycles. The van der Waals surface area contributed by atoms with E-state index < -0.39 is 0 Å². The average molecular weight is 241 g/mol. The van der Waals surface area contributed by atoms with Gasteiger partial charge in [-0.3, -0.25) is 5.43 Å². The lowest BCUT2D eigenvalue weighted by atomic mass is 10.5. The van der Waals surface area contributed by atoms with Crippen molar-refractivity contribution in [3.05, 3.63) is 12.3 Å². The smallest absolute Gasteiger partial charge is 0.238 e. The Morgan fingerprint density at radius 3 is 2.81 bits per heavy atom. The van der Waals surface area contributed by atoms with Crippen molar-refractivity contribution in [3.63, 3.8) is 0 Å². The minimum Gasteiger partial charge on any atom is -0.303 e. The Labute approximate surface area is 101 Å². The molecule has 1 aromatic rings. The second-order valence-corrected chi connectivity index (χ2v) is 4.35. The number of hydrogen-bond acceptors (Lipinski definition) is 6. The second kappa shape index (κ2) is 7.43. The molecule has 0 aliphatic heterocycles. The van der Waals surface area contributed by atoms with Gasteiger partial charge in [-0.05, 0) is 19.2 Å². The van der Waals surface area contributed by atoms with Crippen molar-refractivity contribution in [2.75, 3.05) is 30.8 Å². The monoisotopic (exact) mass is 241 g/mol. The maximum absolute atomic E-state index is 5.25. The Bertz CT molecular complexity index is 303. The van der Waals surface area contributed by atoms with Crippen LogP contribution in [0.2, 0.25) is 0 Å². The molecule has 0 atom stereocenters.